The minimum absolute atomic E-state index is 0.0460. The number of nitrogens with one attached hydrogen (secondary N) is 1. The second-order valence-corrected chi connectivity index (χ2v) is 9.05. The van der Waals surface area contributed by atoms with Gasteiger partial charge in [0.2, 0.25) is 0 Å². The summed E-state index contributed by atoms with van der Waals surface area (Å²) in [5, 5.41) is 13.9. The summed E-state index contributed by atoms with van der Waals surface area (Å²) in [5.74, 6) is -0.950. The number of para-hydroxylation sites is 1. The van der Waals surface area contributed by atoms with Gasteiger partial charge in [0.05, 0.1) is 50.2 Å². The molecule has 2 aliphatic rings. The van der Waals surface area contributed by atoms with E-state index in [-0.39, 0.29) is 25.9 Å². The van der Waals surface area contributed by atoms with E-state index >= 15 is 0 Å². The van der Waals surface area contributed by atoms with Crippen molar-refractivity contribution in [3.8, 4) is 0 Å². The minimum atomic E-state index is -0.630. The van der Waals surface area contributed by atoms with Gasteiger partial charge in [-0.2, -0.15) is 0 Å². The molecule has 0 aromatic heterocycles. The van der Waals surface area contributed by atoms with Crippen molar-refractivity contribution in [3.05, 3.63) is 52.3 Å². The molecule has 0 amide bonds. The first kappa shape index (κ1) is 26.1. The molecule has 9 heteroatoms. The van der Waals surface area contributed by atoms with Crippen LogP contribution in [-0.4, -0.2) is 79.6 Å². The summed E-state index contributed by atoms with van der Waals surface area (Å²) in [7, 11) is 0. The number of hydrogen-bond acceptors (Lipinski definition) is 7. The highest BCUT2D eigenvalue weighted by Crippen LogP contribution is 2.38. The van der Waals surface area contributed by atoms with Gasteiger partial charge >= 0.3 is 11.9 Å². The number of hydrogen-bond donors (Lipinski definition) is 2. The van der Waals surface area contributed by atoms with Crippen LogP contribution in [-0.2, 0) is 19.1 Å². The van der Waals surface area contributed by atoms with Crippen LogP contribution in [0.4, 0.5) is 5.69 Å². The van der Waals surface area contributed by atoms with Crippen LogP contribution in [0.1, 0.15) is 27.7 Å². The number of aliphatic hydroxyl groups excluding tert-OH is 1. The fourth-order valence-electron chi connectivity index (χ4n) is 5.15. The monoisotopic (exact) mass is 492 g/mol. The number of benzene rings is 1. The first-order valence-electron chi connectivity index (χ1n) is 11.8. The van der Waals surface area contributed by atoms with Crippen LogP contribution in [0.2, 0.25) is 5.02 Å². The number of anilines is 1. The predicted molar refractivity (Wildman–Crippen MR) is 131 cm³/mol. The van der Waals surface area contributed by atoms with Gasteiger partial charge in [0.25, 0.3) is 0 Å². The van der Waals surface area contributed by atoms with Gasteiger partial charge in [0, 0.05) is 11.9 Å². The van der Waals surface area contributed by atoms with Crippen LogP contribution < -0.4 is 10.2 Å². The molecule has 1 aromatic rings. The third kappa shape index (κ3) is 4.94. The van der Waals surface area contributed by atoms with Crippen LogP contribution in [0.5, 0.6) is 0 Å². The number of carbonyl (C=O) groups is 2. The first-order valence-corrected chi connectivity index (χ1v) is 12.2. The number of quaternary nitrogens is 1. The van der Waals surface area contributed by atoms with E-state index in [0.29, 0.717) is 52.5 Å². The van der Waals surface area contributed by atoms with Gasteiger partial charge in [0.15, 0.2) is 6.04 Å². The largest absolute Gasteiger partial charge is 0.462 e. The summed E-state index contributed by atoms with van der Waals surface area (Å²) in [4.78, 5) is 28.5. The second kappa shape index (κ2) is 11.3. The summed E-state index contributed by atoms with van der Waals surface area (Å²) in [6.45, 7) is 9.98. The van der Waals surface area contributed by atoms with Crippen LogP contribution in [0, 0.1) is 0 Å². The lowest BCUT2D eigenvalue weighted by Gasteiger charge is -2.54. The van der Waals surface area contributed by atoms with Gasteiger partial charge in [-0.05, 0) is 39.8 Å². The predicted octanol–water partition coefficient (Wildman–Crippen LogP) is 2.61. The number of carbonyl (C=O) groups excluding carboxylic acids is 2. The third-order valence-electron chi connectivity index (χ3n) is 6.80. The molecule has 1 fully saturated rings. The van der Waals surface area contributed by atoms with E-state index < -0.39 is 18.0 Å². The Morgan fingerprint density at radius 3 is 2.50 bits per heavy atom. The molecule has 1 aromatic carbocycles. The maximum atomic E-state index is 13.2. The number of ether oxygens (including phenoxy) is 2. The number of halogens is 1. The molecule has 2 heterocycles. The van der Waals surface area contributed by atoms with Crippen molar-refractivity contribution >= 4 is 29.2 Å². The number of esters is 2. The molecule has 0 saturated carbocycles. The molecule has 0 radical (unpaired) electrons. The normalized spacial score (nSPS) is 24.9. The summed E-state index contributed by atoms with van der Waals surface area (Å²) in [6.07, 6.45) is 1.63. The Morgan fingerprint density at radius 1 is 1.21 bits per heavy atom. The highest BCUT2D eigenvalue weighted by atomic mass is 35.5. The lowest BCUT2D eigenvalue weighted by Crippen LogP contribution is -2.71. The highest BCUT2D eigenvalue weighted by Gasteiger charge is 2.53. The van der Waals surface area contributed by atoms with Gasteiger partial charge in [-0.15, -0.1) is 0 Å². The van der Waals surface area contributed by atoms with Gasteiger partial charge in [-0.3, -0.25) is 0 Å². The molecular weight excluding hydrogens is 458 g/mol. The van der Waals surface area contributed by atoms with Crippen LogP contribution in [0.15, 0.2) is 47.3 Å². The Hall–Kier alpha value is -2.55. The zero-order valence-electron chi connectivity index (χ0n) is 20.3. The van der Waals surface area contributed by atoms with E-state index in [1.807, 2.05) is 24.3 Å². The van der Waals surface area contributed by atoms with Gasteiger partial charge in [0.1, 0.15) is 23.7 Å². The molecule has 3 unspecified atom stereocenters. The minimum Gasteiger partial charge on any atom is -0.462 e. The maximum absolute atomic E-state index is 13.2. The molecule has 0 spiro atoms. The summed E-state index contributed by atoms with van der Waals surface area (Å²) < 4.78 is 11.1. The Kier molecular flexibility index (Phi) is 8.62. The molecule has 34 heavy (non-hydrogen) atoms. The molecule has 0 aliphatic carbocycles. The van der Waals surface area contributed by atoms with E-state index in [2.05, 4.69) is 17.1 Å². The third-order valence-corrected chi connectivity index (χ3v) is 7.11. The maximum Gasteiger partial charge on any atom is 0.342 e. The number of rotatable bonds is 8. The topological polar surface area (TPSA) is 88.1 Å². The van der Waals surface area contributed by atoms with Crippen LogP contribution >= 0.6 is 11.6 Å². The molecular formula is C25H35ClN3O5+. The molecule has 3 atom stereocenters. The van der Waals surface area contributed by atoms with Crippen molar-refractivity contribution in [1.29, 1.82) is 0 Å². The van der Waals surface area contributed by atoms with E-state index in [9.17, 15) is 14.7 Å². The fourth-order valence-corrected chi connectivity index (χ4v) is 5.41. The Bertz CT molecular complexity index is 979. The average Bonchev–Trinajstić information content (AvgIpc) is 2.81. The number of aliphatic hydroxyl groups is 1. The van der Waals surface area contributed by atoms with Crippen molar-refractivity contribution in [2.75, 3.05) is 50.9 Å². The fraction of sp³-hybridized carbons (Fsp3) is 0.520. The summed E-state index contributed by atoms with van der Waals surface area (Å²) in [6, 6.07) is 7.03. The summed E-state index contributed by atoms with van der Waals surface area (Å²) in [5.41, 5.74) is 2.34. The quantitative estimate of drug-likeness (QED) is 0.426. The van der Waals surface area contributed by atoms with Crippen LogP contribution in [0.25, 0.3) is 0 Å². The Morgan fingerprint density at radius 2 is 1.88 bits per heavy atom. The van der Waals surface area contributed by atoms with E-state index in [0.717, 1.165) is 5.69 Å². The Labute approximate surface area is 206 Å². The van der Waals surface area contributed by atoms with Crippen molar-refractivity contribution < 1.29 is 28.7 Å². The SMILES string of the molecule is CCOC(=O)C1=CNC(C)=C(C(=O)OCC)C1[N+]1(CCO)CCN(c2ccccc2Cl)CC1C. The summed E-state index contributed by atoms with van der Waals surface area (Å²) >= 11 is 6.47. The smallest absolute Gasteiger partial charge is 0.342 e. The molecule has 1 saturated heterocycles. The van der Waals surface area contributed by atoms with E-state index in [4.69, 9.17) is 21.1 Å². The molecule has 0 bridgehead atoms. The zero-order valence-corrected chi connectivity index (χ0v) is 21.1. The van der Waals surface area contributed by atoms with Gasteiger partial charge in [-0.1, -0.05) is 23.7 Å². The molecule has 2 N–H and O–H groups in total. The molecule has 186 valence electrons. The number of nitrogens with zero attached hydrogens (tertiary/aromatic N) is 2. The molecule has 2 aliphatic heterocycles. The highest BCUT2D eigenvalue weighted by molar-refractivity contribution is 6.33. The second-order valence-electron chi connectivity index (χ2n) is 8.65. The lowest BCUT2D eigenvalue weighted by molar-refractivity contribution is -0.962. The zero-order chi connectivity index (χ0) is 24.9. The Balaban J connectivity index is 2.08. The standard InChI is InChI=1S/C25H34ClN3O5/c1-5-33-24(31)19-15-27-18(4)22(25(32)34-6-2)23(19)29(13-14-30)12-11-28(16-17(29)3)21-10-8-7-9-20(21)26/h7-10,15,17,23,30H,5-6,11-14,16H2,1-4H3/p+1. The van der Waals surface area contributed by atoms with E-state index in [1.54, 1.807) is 27.0 Å². The average molecular weight is 493 g/mol. The van der Waals surface area contributed by atoms with Crippen molar-refractivity contribution in [2.24, 2.45) is 0 Å². The van der Waals surface area contributed by atoms with Crippen LogP contribution in [0.3, 0.4) is 0 Å². The van der Waals surface area contributed by atoms with Crippen molar-refractivity contribution in [1.82, 2.24) is 5.32 Å². The van der Waals surface area contributed by atoms with Crippen molar-refractivity contribution in [2.45, 2.75) is 39.8 Å². The van der Waals surface area contributed by atoms with Crippen molar-refractivity contribution in [3.63, 3.8) is 0 Å². The first-order chi connectivity index (χ1) is 16.3. The van der Waals surface area contributed by atoms with Gasteiger partial charge < -0.3 is 29.3 Å². The number of allylic oxidation sites excluding steroid dienone is 1. The lowest BCUT2D eigenvalue weighted by atomic mass is 9.87. The van der Waals surface area contributed by atoms with Gasteiger partial charge in [-0.25, -0.2) is 9.59 Å². The number of dihydropyridines is 1. The number of piperazine rings is 1. The molecule has 3 rings (SSSR count). The van der Waals surface area contributed by atoms with E-state index in [1.165, 1.54) is 0 Å². The molecule has 8 nitrogen and oxygen atoms in total.